The van der Waals surface area contributed by atoms with Crippen molar-refractivity contribution in [1.82, 2.24) is 0 Å². The Morgan fingerprint density at radius 3 is 1.73 bits per heavy atom. The molecule has 0 saturated heterocycles. The minimum atomic E-state index is -0.894. The first-order chi connectivity index (χ1) is 14.6. The van der Waals surface area contributed by atoms with Crippen LogP contribution in [0.4, 0.5) is 0 Å². The van der Waals surface area contributed by atoms with Gasteiger partial charge >= 0.3 is 11.9 Å². The summed E-state index contributed by atoms with van der Waals surface area (Å²) in [5.74, 6) is -3.34. The van der Waals surface area contributed by atoms with Gasteiger partial charge in [0.15, 0.2) is 0 Å². The van der Waals surface area contributed by atoms with E-state index in [4.69, 9.17) is 4.74 Å². The van der Waals surface area contributed by atoms with Gasteiger partial charge in [0.2, 0.25) is 0 Å². The lowest BCUT2D eigenvalue weighted by Gasteiger charge is -2.49. The highest BCUT2D eigenvalue weighted by Gasteiger charge is 2.59. The molecular formula is C25H21BrO4. The van der Waals surface area contributed by atoms with Crippen molar-refractivity contribution in [2.75, 3.05) is 0 Å². The van der Waals surface area contributed by atoms with Gasteiger partial charge in [-0.15, -0.1) is 0 Å². The smallest absolute Gasteiger partial charge is 0.310 e. The van der Waals surface area contributed by atoms with Crippen LogP contribution in [-0.4, -0.2) is 17.0 Å². The van der Waals surface area contributed by atoms with Crippen LogP contribution in [0.1, 0.15) is 28.5 Å². The van der Waals surface area contributed by atoms with Crippen LogP contribution in [0.15, 0.2) is 89.4 Å². The third-order valence-corrected chi connectivity index (χ3v) is 6.30. The standard InChI is InChI=1S/C25H21BrO4/c26-19-13-11-16(12-14-19)15-30-25(29)23-20(17-7-3-1-4-8-17)22(24(27)28)21(23)18-9-5-2-6-10-18/h1-14,20-23H,15H2,(H,27,28)/t20-,21-,22?,23?/m0/s1. The number of aliphatic carboxylic acids is 1. The topological polar surface area (TPSA) is 63.6 Å². The lowest BCUT2D eigenvalue weighted by atomic mass is 9.52. The second kappa shape index (κ2) is 8.84. The largest absolute Gasteiger partial charge is 0.481 e. The quantitative estimate of drug-likeness (QED) is 0.496. The molecule has 3 aromatic carbocycles. The van der Waals surface area contributed by atoms with Gasteiger partial charge in [-0.3, -0.25) is 9.59 Å². The molecule has 1 aliphatic carbocycles. The van der Waals surface area contributed by atoms with Gasteiger partial charge in [-0.1, -0.05) is 88.7 Å². The normalized spacial score (nSPS) is 22.7. The number of carboxylic acid groups (broad SMARTS) is 1. The first kappa shape index (κ1) is 20.4. The molecule has 2 atom stereocenters. The van der Waals surface area contributed by atoms with E-state index in [0.29, 0.717) is 0 Å². The van der Waals surface area contributed by atoms with Crippen LogP contribution >= 0.6 is 15.9 Å². The molecule has 4 rings (SSSR count). The number of esters is 1. The van der Waals surface area contributed by atoms with Crippen LogP contribution in [0.25, 0.3) is 0 Å². The van der Waals surface area contributed by atoms with Gasteiger partial charge in [0, 0.05) is 16.3 Å². The highest BCUT2D eigenvalue weighted by atomic mass is 79.9. The molecule has 4 nitrogen and oxygen atoms in total. The number of carbonyl (C=O) groups excluding carboxylic acids is 1. The average molecular weight is 465 g/mol. The van der Waals surface area contributed by atoms with Gasteiger partial charge < -0.3 is 9.84 Å². The Morgan fingerprint density at radius 2 is 1.27 bits per heavy atom. The maximum Gasteiger partial charge on any atom is 0.310 e. The minimum Gasteiger partial charge on any atom is -0.481 e. The van der Waals surface area contributed by atoms with Crippen LogP contribution in [0, 0.1) is 11.8 Å². The number of benzene rings is 3. The summed E-state index contributed by atoms with van der Waals surface area (Å²) in [6.45, 7) is 0.156. The van der Waals surface area contributed by atoms with Crippen LogP contribution in [-0.2, 0) is 20.9 Å². The summed E-state index contributed by atoms with van der Waals surface area (Å²) in [5, 5.41) is 9.97. The van der Waals surface area contributed by atoms with Crippen LogP contribution in [0.3, 0.4) is 0 Å². The number of carbonyl (C=O) groups is 2. The zero-order chi connectivity index (χ0) is 21.1. The molecule has 1 saturated carbocycles. The lowest BCUT2D eigenvalue weighted by molar-refractivity contribution is -0.165. The Hall–Kier alpha value is -2.92. The van der Waals surface area contributed by atoms with Crippen LogP contribution in [0.2, 0.25) is 0 Å². The molecule has 0 radical (unpaired) electrons. The molecule has 0 aliphatic heterocycles. The van der Waals surface area contributed by atoms with Crippen molar-refractivity contribution in [2.45, 2.75) is 18.4 Å². The second-order valence-electron chi connectivity index (χ2n) is 7.50. The summed E-state index contributed by atoms with van der Waals surface area (Å²) in [7, 11) is 0. The fourth-order valence-electron chi connectivity index (χ4n) is 4.36. The molecule has 1 N–H and O–H groups in total. The van der Waals surface area contributed by atoms with E-state index in [0.717, 1.165) is 21.2 Å². The molecule has 0 heterocycles. The Labute approximate surface area is 183 Å². The van der Waals surface area contributed by atoms with Crippen molar-refractivity contribution in [3.05, 3.63) is 106 Å². The van der Waals surface area contributed by atoms with Gasteiger partial charge in [0.1, 0.15) is 6.61 Å². The molecule has 30 heavy (non-hydrogen) atoms. The monoisotopic (exact) mass is 464 g/mol. The van der Waals surface area contributed by atoms with Crippen LogP contribution in [0.5, 0.6) is 0 Å². The maximum absolute atomic E-state index is 13.2. The Kier molecular flexibility index (Phi) is 6.00. The maximum atomic E-state index is 13.2. The van der Waals surface area contributed by atoms with Crippen molar-refractivity contribution in [3.8, 4) is 0 Å². The van der Waals surface area contributed by atoms with Gasteiger partial charge in [-0.05, 0) is 28.8 Å². The van der Waals surface area contributed by atoms with E-state index in [2.05, 4.69) is 15.9 Å². The number of hydrogen-bond donors (Lipinski definition) is 1. The summed E-state index contributed by atoms with van der Waals surface area (Å²) < 4.78 is 6.61. The zero-order valence-electron chi connectivity index (χ0n) is 16.1. The highest BCUT2D eigenvalue weighted by molar-refractivity contribution is 9.10. The number of ether oxygens (including phenoxy) is 1. The Bertz CT molecular complexity index is 971. The SMILES string of the molecule is O=C(O)C1[C@H](c2ccccc2)C(C(=O)OCc2ccc(Br)cc2)[C@H]1c1ccccc1. The Morgan fingerprint density at radius 1 is 0.767 bits per heavy atom. The molecule has 0 spiro atoms. The molecule has 0 bridgehead atoms. The van der Waals surface area contributed by atoms with E-state index in [9.17, 15) is 14.7 Å². The van der Waals surface area contributed by atoms with Gasteiger partial charge in [-0.2, -0.15) is 0 Å². The first-order valence-electron chi connectivity index (χ1n) is 9.80. The predicted octanol–water partition coefficient (Wildman–Crippen LogP) is 5.39. The van der Waals surface area contributed by atoms with E-state index in [1.54, 1.807) is 0 Å². The fourth-order valence-corrected chi connectivity index (χ4v) is 4.62. The van der Waals surface area contributed by atoms with E-state index >= 15 is 0 Å². The molecule has 3 aromatic rings. The fraction of sp³-hybridized carbons (Fsp3) is 0.200. The summed E-state index contributed by atoms with van der Waals surface area (Å²) in [5.41, 5.74) is 2.58. The van der Waals surface area contributed by atoms with Crippen LogP contribution < -0.4 is 0 Å². The zero-order valence-corrected chi connectivity index (χ0v) is 17.7. The summed E-state index contributed by atoms with van der Waals surface area (Å²) >= 11 is 3.39. The second-order valence-corrected chi connectivity index (χ2v) is 8.41. The predicted molar refractivity (Wildman–Crippen MR) is 117 cm³/mol. The average Bonchev–Trinajstić information content (AvgIpc) is 2.74. The van der Waals surface area contributed by atoms with Crippen molar-refractivity contribution >= 4 is 27.9 Å². The summed E-state index contributed by atoms with van der Waals surface area (Å²) in [6, 6.07) is 26.4. The van der Waals surface area contributed by atoms with Gasteiger partial charge in [0.05, 0.1) is 11.8 Å². The molecule has 0 aromatic heterocycles. The van der Waals surface area contributed by atoms with E-state index in [1.807, 2.05) is 84.9 Å². The first-order valence-corrected chi connectivity index (χ1v) is 10.6. The number of rotatable bonds is 6. The van der Waals surface area contributed by atoms with Crippen molar-refractivity contribution < 1.29 is 19.4 Å². The van der Waals surface area contributed by atoms with E-state index in [1.165, 1.54) is 0 Å². The number of carboxylic acids is 1. The molecule has 0 amide bonds. The minimum absolute atomic E-state index is 0.156. The summed E-state index contributed by atoms with van der Waals surface area (Å²) in [6.07, 6.45) is 0. The molecule has 1 aliphatic rings. The number of hydrogen-bond acceptors (Lipinski definition) is 3. The number of halogens is 1. The third-order valence-electron chi connectivity index (χ3n) is 5.77. The molecule has 152 valence electrons. The van der Waals surface area contributed by atoms with Gasteiger partial charge in [0.25, 0.3) is 0 Å². The summed E-state index contributed by atoms with van der Waals surface area (Å²) in [4.78, 5) is 25.3. The highest BCUT2D eigenvalue weighted by Crippen LogP contribution is 2.58. The van der Waals surface area contributed by atoms with Crippen molar-refractivity contribution in [3.63, 3.8) is 0 Å². The van der Waals surface area contributed by atoms with Crippen molar-refractivity contribution in [2.24, 2.45) is 11.8 Å². The Balaban J connectivity index is 1.63. The molecule has 1 fully saturated rings. The molecular weight excluding hydrogens is 444 g/mol. The van der Waals surface area contributed by atoms with Crippen molar-refractivity contribution in [1.29, 1.82) is 0 Å². The van der Waals surface area contributed by atoms with Gasteiger partial charge in [-0.25, -0.2) is 0 Å². The third kappa shape index (κ3) is 4.03. The molecule has 0 unspecified atom stereocenters. The lowest BCUT2D eigenvalue weighted by Crippen LogP contribution is -2.51. The molecule has 5 heteroatoms. The van der Waals surface area contributed by atoms with E-state index in [-0.39, 0.29) is 12.6 Å². The van der Waals surface area contributed by atoms with E-state index < -0.39 is 29.6 Å².